The molecule has 1 fully saturated rings. The Hall–Kier alpha value is -2.11. The highest BCUT2D eigenvalue weighted by molar-refractivity contribution is 5.91. The van der Waals surface area contributed by atoms with Crippen molar-refractivity contribution >= 4 is 17.5 Å². The van der Waals surface area contributed by atoms with E-state index in [9.17, 15) is 9.59 Å². The maximum absolute atomic E-state index is 12.1. The fraction of sp³-hybridized carbons (Fsp3) is 0.588. The number of hydrogen-bond acceptors (Lipinski definition) is 4. The first kappa shape index (κ1) is 17.2. The third-order valence-electron chi connectivity index (χ3n) is 4.29. The number of nitrogens with zero attached hydrogens (tertiary/aromatic N) is 2. The summed E-state index contributed by atoms with van der Waals surface area (Å²) in [5.41, 5.74) is 1.58. The molecule has 1 N–H and O–H groups in total. The predicted molar refractivity (Wildman–Crippen MR) is 88.4 cm³/mol. The van der Waals surface area contributed by atoms with Gasteiger partial charge in [-0.2, -0.15) is 0 Å². The van der Waals surface area contributed by atoms with Crippen LogP contribution in [0.15, 0.2) is 12.3 Å². The molecule has 1 saturated heterocycles. The number of piperidine rings is 1. The van der Waals surface area contributed by atoms with Gasteiger partial charge >= 0.3 is 0 Å². The van der Waals surface area contributed by atoms with Crippen molar-refractivity contribution in [3.63, 3.8) is 0 Å². The van der Waals surface area contributed by atoms with Gasteiger partial charge in [-0.25, -0.2) is 4.98 Å². The van der Waals surface area contributed by atoms with Crippen LogP contribution in [0.1, 0.15) is 38.2 Å². The maximum atomic E-state index is 12.1. The van der Waals surface area contributed by atoms with E-state index in [1.54, 1.807) is 13.1 Å². The quantitative estimate of drug-likeness (QED) is 0.904. The Morgan fingerprint density at radius 1 is 1.39 bits per heavy atom. The molecule has 1 aliphatic heterocycles. The molecule has 0 radical (unpaired) electrons. The molecule has 0 aliphatic carbocycles. The molecule has 6 nitrogen and oxygen atoms in total. The van der Waals surface area contributed by atoms with Crippen molar-refractivity contribution < 1.29 is 14.3 Å². The summed E-state index contributed by atoms with van der Waals surface area (Å²) in [4.78, 5) is 29.5. The summed E-state index contributed by atoms with van der Waals surface area (Å²) < 4.78 is 5.17. The topological polar surface area (TPSA) is 71.5 Å². The molecular weight excluding hydrogens is 294 g/mol. The zero-order valence-corrected chi connectivity index (χ0v) is 14.1. The number of hydrogen-bond donors (Lipinski definition) is 1. The molecule has 2 heterocycles. The molecule has 2 amide bonds. The lowest BCUT2D eigenvalue weighted by Crippen LogP contribution is -2.37. The molecule has 23 heavy (non-hydrogen) atoms. The van der Waals surface area contributed by atoms with Crippen molar-refractivity contribution in [2.45, 2.75) is 39.5 Å². The zero-order chi connectivity index (χ0) is 16.8. The smallest absolute Gasteiger partial charge is 0.237 e. The largest absolute Gasteiger partial charge is 0.480 e. The van der Waals surface area contributed by atoms with Gasteiger partial charge in [-0.15, -0.1) is 0 Å². The van der Waals surface area contributed by atoms with Gasteiger partial charge in [0.1, 0.15) is 5.69 Å². The van der Waals surface area contributed by atoms with E-state index in [2.05, 4.69) is 10.3 Å². The predicted octanol–water partition coefficient (Wildman–Crippen LogP) is 2.38. The van der Waals surface area contributed by atoms with Crippen molar-refractivity contribution in [1.29, 1.82) is 0 Å². The molecule has 0 saturated carbocycles. The number of likely N-dealkylation sites (tertiary alicyclic amines) is 1. The number of anilines is 1. The lowest BCUT2D eigenvalue weighted by atomic mass is 9.92. The summed E-state index contributed by atoms with van der Waals surface area (Å²) >= 11 is 0. The van der Waals surface area contributed by atoms with E-state index in [0.717, 1.165) is 37.9 Å². The number of ether oxygens (including phenoxy) is 1. The molecule has 1 aromatic heterocycles. The lowest BCUT2D eigenvalue weighted by Gasteiger charge is -2.31. The van der Waals surface area contributed by atoms with Crippen LogP contribution in [0.5, 0.6) is 5.88 Å². The number of rotatable bonds is 5. The first-order chi connectivity index (χ1) is 11.0. The Labute approximate surface area is 137 Å². The van der Waals surface area contributed by atoms with Crippen LogP contribution in [0.2, 0.25) is 0 Å². The molecular formula is C17H25N3O3. The fourth-order valence-electron chi connectivity index (χ4n) is 2.89. The number of aryl methyl sites for hydroxylation is 1. The van der Waals surface area contributed by atoms with Crippen molar-refractivity contribution in [3.05, 3.63) is 17.8 Å². The Kier molecular flexibility index (Phi) is 5.96. The van der Waals surface area contributed by atoms with Crippen molar-refractivity contribution in [2.75, 3.05) is 25.5 Å². The number of carbonyl (C=O) groups excluding carboxylic acids is 2. The second kappa shape index (κ2) is 7.94. The van der Waals surface area contributed by atoms with Gasteiger partial charge in [0.15, 0.2) is 0 Å². The molecule has 0 spiro atoms. The van der Waals surface area contributed by atoms with Crippen LogP contribution in [0.25, 0.3) is 0 Å². The first-order valence-corrected chi connectivity index (χ1v) is 8.05. The molecule has 0 atom stereocenters. The van der Waals surface area contributed by atoms with Crippen molar-refractivity contribution in [1.82, 2.24) is 9.88 Å². The van der Waals surface area contributed by atoms with E-state index in [-0.39, 0.29) is 11.8 Å². The number of pyridine rings is 1. The molecule has 6 heteroatoms. The van der Waals surface area contributed by atoms with Gasteiger partial charge in [0.2, 0.25) is 17.7 Å². The monoisotopic (exact) mass is 319 g/mol. The normalized spacial score (nSPS) is 15.3. The summed E-state index contributed by atoms with van der Waals surface area (Å²) in [7, 11) is 1.54. The van der Waals surface area contributed by atoms with Crippen LogP contribution in [0, 0.1) is 12.8 Å². The third kappa shape index (κ3) is 4.94. The number of nitrogens with one attached hydrogen (secondary N) is 1. The maximum Gasteiger partial charge on any atom is 0.237 e. The van der Waals surface area contributed by atoms with Crippen molar-refractivity contribution in [2.24, 2.45) is 5.92 Å². The van der Waals surface area contributed by atoms with Gasteiger partial charge in [0.25, 0.3) is 0 Å². The highest BCUT2D eigenvalue weighted by Crippen LogP contribution is 2.24. The Bertz CT molecular complexity index is 566. The SMILES string of the molecule is COc1ncc(C)cc1NC(=O)CCC1CCN(C(C)=O)CC1. The Morgan fingerprint density at radius 3 is 2.70 bits per heavy atom. The summed E-state index contributed by atoms with van der Waals surface area (Å²) in [5, 5.41) is 2.88. The molecule has 1 aromatic rings. The van der Waals surface area contributed by atoms with Crippen molar-refractivity contribution in [3.8, 4) is 5.88 Å². The minimum atomic E-state index is -0.0234. The molecule has 2 rings (SSSR count). The Morgan fingerprint density at radius 2 is 2.09 bits per heavy atom. The number of methoxy groups -OCH3 is 1. The van der Waals surface area contributed by atoms with Crippen LogP contribution in [-0.4, -0.2) is 41.9 Å². The van der Waals surface area contributed by atoms with E-state index >= 15 is 0 Å². The van der Waals surface area contributed by atoms with Gasteiger partial charge in [-0.1, -0.05) is 0 Å². The van der Waals surface area contributed by atoms with E-state index in [0.29, 0.717) is 23.9 Å². The average molecular weight is 319 g/mol. The van der Waals surface area contributed by atoms with E-state index in [1.165, 1.54) is 7.11 Å². The lowest BCUT2D eigenvalue weighted by molar-refractivity contribution is -0.130. The van der Waals surface area contributed by atoms with Gasteiger partial charge in [-0.3, -0.25) is 9.59 Å². The van der Waals surface area contributed by atoms with E-state index in [4.69, 9.17) is 4.74 Å². The highest BCUT2D eigenvalue weighted by Gasteiger charge is 2.21. The molecule has 1 aliphatic rings. The molecule has 0 unspecified atom stereocenters. The second-order valence-electron chi connectivity index (χ2n) is 6.11. The second-order valence-corrected chi connectivity index (χ2v) is 6.11. The van der Waals surface area contributed by atoms with Gasteiger partial charge in [-0.05, 0) is 43.7 Å². The molecule has 0 bridgehead atoms. The summed E-state index contributed by atoms with van der Waals surface area (Å²) in [5.74, 6) is 1.05. The van der Waals surface area contributed by atoms with E-state index in [1.807, 2.05) is 17.9 Å². The molecule has 126 valence electrons. The standard InChI is InChI=1S/C17H25N3O3/c1-12-10-15(17(23-3)18-11-12)19-16(22)5-4-14-6-8-20(9-7-14)13(2)21/h10-11,14H,4-9H2,1-3H3,(H,19,22). The van der Waals surface area contributed by atoms with E-state index < -0.39 is 0 Å². The van der Waals surface area contributed by atoms with Crippen LogP contribution in [-0.2, 0) is 9.59 Å². The van der Waals surface area contributed by atoms with Gasteiger partial charge in [0.05, 0.1) is 7.11 Å². The highest BCUT2D eigenvalue weighted by atomic mass is 16.5. The van der Waals surface area contributed by atoms with Crippen LogP contribution in [0.3, 0.4) is 0 Å². The zero-order valence-electron chi connectivity index (χ0n) is 14.1. The van der Waals surface area contributed by atoms with Crippen LogP contribution >= 0.6 is 0 Å². The third-order valence-corrected chi connectivity index (χ3v) is 4.29. The van der Waals surface area contributed by atoms with Crippen LogP contribution in [0.4, 0.5) is 5.69 Å². The minimum absolute atomic E-state index is 0.0234. The fourth-order valence-corrected chi connectivity index (χ4v) is 2.89. The summed E-state index contributed by atoms with van der Waals surface area (Å²) in [6.45, 7) is 5.14. The van der Waals surface area contributed by atoms with Crippen LogP contribution < -0.4 is 10.1 Å². The van der Waals surface area contributed by atoms with Gasteiger partial charge < -0.3 is 15.0 Å². The minimum Gasteiger partial charge on any atom is -0.480 e. The number of aromatic nitrogens is 1. The summed E-state index contributed by atoms with van der Waals surface area (Å²) in [6, 6.07) is 1.86. The molecule has 0 aromatic carbocycles. The Balaban J connectivity index is 1.80. The first-order valence-electron chi connectivity index (χ1n) is 8.05. The number of carbonyl (C=O) groups is 2. The average Bonchev–Trinajstić information content (AvgIpc) is 2.53. The number of amides is 2. The summed E-state index contributed by atoms with van der Waals surface area (Å²) in [6.07, 6.45) is 4.97. The van der Waals surface area contributed by atoms with Gasteiger partial charge in [0, 0.05) is 32.6 Å².